The molecule has 6 nitrogen and oxygen atoms in total. The Hall–Kier alpha value is -2.86. The number of nitrogens with one attached hydrogen (secondary N) is 2. The van der Waals surface area contributed by atoms with Crippen LogP contribution in [0, 0.1) is 0 Å². The number of carbonyl (C=O) groups is 1. The third kappa shape index (κ3) is 8.66. The molecule has 2 aromatic rings. The third-order valence-corrected chi connectivity index (χ3v) is 4.63. The van der Waals surface area contributed by atoms with Crippen molar-refractivity contribution in [2.75, 3.05) is 40.8 Å². The van der Waals surface area contributed by atoms with Gasteiger partial charge in [-0.3, -0.25) is 9.79 Å². The van der Waals surface area contributed by atoms with Crippen molar-refractivity contribution in [1.29, 1.82) is 0 Å². The summed E-state index contributed by atoms with van der Waals surface area (Å²) in [4.78, 5) is 17.9. The Balaban J connectivity index is 1.59. The summed E-state index contributed by atoms with van der Waals surface area (Å²) in [6, 6.07) is 18.0. The van der Waals surface area contributed by atoms with Gasteiger partial charge in [0.25, 0.3) is 5.91 Å². The molecule has 30 heavy (non-hydrogen) atoms. The maximum Gasteiger partial charge on any atom is 0.253 e. The van der Waals surface area contributed by atoms with E-state index in [2.05, 4.69) is 27.8 Å². The summed E-state index contributed by atoms with van der Waals surface area (Å²) in [6.45, 7) is 3.02. The molecule has 0 saturated heterocycles. The molecule has 0 radical (unpaired) electrons. The molecule has 2 rings (SSSR count). The first kappa shape index (κ1) is 23.4. The molecule has 6 heteroatoms. The van der Waals surface area contributed by atoms with Gasteiger partial charge in [-0.1, -0.05) is 42.5 Å². The average molecular weight is 411 g/mol. The maximum absolute atomic E-state index is 12.1. The zero-order valence-electron chi connectivity index (χ0n) is 18.4. The van der Waals surface area contributed by atoms with Gasteiger partial charge in [-0.05, 0) is 42.5 Å². The number of unbranched alkanes of at least 4 members (excludes halogenated alkanes) is 1. The van der Waals surface area contributed by atoms with E-state index in [-0.39, 0.29) is 5.91 Å². The van der Waals surface area contributed by atoms with Crippen LogP contribution in [0.3, 0.4) is 0 Å². The molecule has 1 amide bonds. The average Bonchev–Trinajstić information content (AvgIpc) is 2.77. The Morgan fingerprint density at radius 1 is 0.967 bits per heavy atom. The minimum absolute atomic E-state index is 0.0232. The summed E-state index contributed by atoms with van der Waals surface area (Å²) in [5.41, 5.74) is 3.05. The summed E-state index contributed by atoms with van der Waals surface area (Å²) in [5, 5.41) is 6.66. The topological polar surface area (TPSA) is 66.0 Å². The van der Waals surface area contributed by atoms with Crippen LogP contribution in [-0.2, 0) is 17.8 Å². The van der Waals surface area contributed by atoms with Crippen LogP contribution in [0.25, 0.3) is 0 Å². The van der Waals surface area contributed by atoms with Crippen molar-refractivity contribution in [2.24, 2.45) is 4.99 Å². The van der Waals surface area contributed by atoms with E-state index in [1.54, 1.807) is 26.0 Å². The molecule has 0 saturated carbocycles. The van der Waals surface area contributed by atoms with E-state index in [0.29, 0.717) is 6.61 Å². The van der Waals surface area contributed by atoms with Crippen molar-refractivity contribution in [3.63, 3.8) is 0 Å². The second-order valence-corrected chi connectivity index (χ2v) is 7.32. The Labute approximate surface area is 180 Å². The van der Waals surface area contributed by atoms with Gasteiger partial charge in [-0.15, -0.1) is 0 Å². The highest BCUT2D eigenvalue weighted by atomic mass is 16.5. The van der Waals surface area contributed by atoms with Gasteiger partial charge in [0.15, 0.2) is 5.96 Å². The number of hydrogen-bond acceptors (Lipinski definition) is 3. The second kappa shape index (κ2) is 13.4. The molecular formula is C24H34N4O2. The Morgan fingerprint density at radius 3 is 2.43 bits per heavy atom. The number of rotatable bonds is 11. The molecule has 0 spiro atoms. The first-order valence-electron chi connectivity index (χ1n) is 10.5. The number of aliphatic imine (C=N–C) groups is 1. The Morgan fingerprint density at radius 2 is 1.70 bits per heavy atom. The summed E-state index contributed by atoms with van der Waals surface area (Å²) in [7, 11) is 5.30. The van der Waals surface area contributed by atoms with Gasteiger partial charge in [0.05, 0.1) is 6.61 Å². The van der Waals surface area contributed by atoms with E-state index < -0.39 is 0 Å². The molecule has 2 aromatic carbocycles. The summed E-state index contributed by atoms with van der Waals surface area (Å²) in [6.07, 6.45) is 2.84. The van der Waals surface area contributed by atoms with Gasteiger partial charge >= 0.3 is 0 Å². The molecule has 0 heterocycles. The minimum Gasteiger partial charge on any atom is -0.377 e. The smallest absolute Gasteiger partial charge is 0.253 e. The van der Waals surface area contributed by atoms with Gasteiger partial charge in [-0.2, -0.15) is 0 Å². The summed E-state index contributed by atoms with van der Waals surface area (Å²) < 4.78 is 5.71. The maximum atomic E-state index is 12.1. The predicted octanol–water partition coefficient (Wildman–Crippen LogP) is 3.09. The molecule has 162 valence electrons. The van der Waals surface area contributed by atoms with Crippen molar-refractivity contribution in [1.82, 2.24) is 15.5 Å². The first-order chi connectivity index (χ1) is 14.6. The highest BCUT2D eigenvalue weighted by Crippen LogP contribution is 2.07. The molecule has 0 unspecified atom stereocenters. The Kier molecular flexibility index (Phi) is 10.4. The number of hydrogen-bond donors (Lipinski definition) is 2. The number of nitrogens with zero attached hydrogens (tertiary/aromatic N) is 2. The molecule has 0 atom stereocenters. The lowest BCUT2D eigenvalue weighted by atomic mass is 10.1. The molecule has 2 N–H and O–H groups in total. The highest BCUT2D eigenvalue weighted by molar-refractivity contribution is 5.94. The molecule has 0 aliphatic carbocycles. The van der Waals surface area contributed by atoms with Crippen molar-refractivity contribution in [3.05, 3.63) is 71.3 Å². The largest absolute Gasteiger partial charge is 0.377 e. The van der Waals surface area contributed by atoms with Crippen LogP contribution in [0.5, 0.6) is 0 Å². The first-order valence-corrected chi connectivity index (χ1v) is 10.5. The zero-order chi connectivity index (χ0) is 21.6. The molecule has 0 bridgehead atoms. The molecule has 0 aromatic heterocycles. The molecular weight excluding hydrogens is 376 g/mol. The van der Waals surface area contributed by atoms with Crippen LogP contribution in [0.15, 0.2) is 59.6 Å². The fourth-order valence-corrected chi connectivity index (χ4v) is 2.96. The SMILES string of the molecule is CN=C(NCCCCOCc1ccccc1)NCCc1cccc(C(=O)N(C)C)c1. The summed E-state index contributed by atoms with van der Waals surface area (Å²) in [5.74, 6) is 0.816. The van der Waals surface area contributed by atoms with Crippen LogP contribution in [0.4, 0.5) is 0 Å². The quantitative estimate of drug-likeness (QED) is 0.339. The fraction of sp³-hybridized carbons (Fsp3) is 0.417. The summed E-state index contributed by atoms with van der Waals surface area (Å²) >= 11 is 0. The monoisotopic (exact) mass is 410 g/mol. The lowest BCUT2D eigenvalue weighted by Crippen LogP contribution is -2.38. The fourth-order valence-electron chi connectivity index (χ4n) is 2.96. The van der Waals surface area contributed by atoms with E-state index in [1.807, 2.05) is 42.5 Å². The van der Waals surface area contributed by atoms with Crippen LogP contribution in [0.1, 0.15) is 34.3 Å². The number of benzene rings is 2. The van der Waals surface area contributed by atoms with Crippen molar-refractivity contribution in [2.45, 2.75) is 25.9 Å². The minimum atomic E-state index is 0.0232. The number of carbonyl (C=O) groups excluding carboxylic acids is 1. The van der Waals surface area contributed by atoms with Gasteiger partial charge in [0.1, 0.15) is 0 Å². The zero-order valence-corrected chi connectivity index (χ0v) is 18.4. The van der Waals surface area contributed by atoms with E-state index in [1.165, 1.54) is 5.56 Å². The van der Waals surface area contributed by atoms with E-state index in [4.69, 9.17) is 4.74 Å². The van der Waals surface area contributed by atoms with Gasteiger partial charge in [-0.25, -0.2) is 0 Å². The van der Waals surface area contributed by atoms with Crippen LogP contribution >= 0.6 is 0 Å². The number of amides is 1. The van der Waals surface area contributed by atoms with Crippen molar-refractivity contribution in [3.8, 4) is 0 Å². The molecule has 0 aliphatic heterocycles. The van der Waals surface area contributed by atoms with Gasteiger partial charge < -0.3 is 20.3 Å². The normalized spacial score (nSPS) is 11.2. The number of guanidine groups is 1. The van der Waals surface area contributed by atoms with Crippen LogP contribution < -0.4 is 10.6 Å². The van der Waals surface area contributed by atoms with Crippen LogP contribution in [0.2, 0.25) is 0 Å². The Bertz CT molecular complexity index is 791. The third-order valence-electron chi connectivity index (χ3n) is 4.63. The second-order valence-electron chi connectivity index (χ2n) is 7.32. The highest BCUT2D eigenvalue weighted by Gasteiger charge is 2.08. The van der Waals surface area contributed by atoms with Crippen molar-refractivity contribution < 1.29 is 9.53 Å². The van der Waals surface area contributed by atoms with Gasteiger partial charge in [0.2, 0.25) is 0 Å². The molecule has 0 aliphatic rings. The number of ether oxygens (including phenoxy) is 1. The predicted molar refractivity (Wildman–Crippen MR) is 123 cm³/mol. The lowest BCUT2D eigenvalue weighted by Gasteiger charge is -2.13. The van der Waals surface area contributed by atoms with Crippen LogP contribution in [-0.4, -0.2) is 57.6 Å². The molecule has 0 fully saturated rings. The van der Waals surface area contributed by atoms with Gasteiger partial charge in [0, 0.05) is 46.4 Å². The van der Waals surface area contributed by atoms with E-state index in [9.17, 15) is 4.79 Å². The lowest BCUT2D eigenvalue weighted by molar-refractivity contribution is 0.0827. The van der Waals surface area contributed by atoms with E-state index in [0.717, 1.165) is 56.0 Å². The van der Waals surface area contributed by atoms with E-state index >= 15 is 0 Å². The standard InChI is InChI=1S/C24H34N4O2/c1-25-24(26-15-7-8-17-30-19-21-10-5-4-6-11-21)27-16-14-20-12-9-13-22(18-20)23(29)28(2)3/h4-6,9-13,18H,7-8,14-17,19H2,1-3H3,(H2,25,26,27). The van der Waals surface area contributed by atoms with Crippen molar-refractivity contribution >= 4 is 11.9 Å².